The summed E-state index contributed by atoms with van der Waals surface area (Å²) < 4.78 is 27.4. The fraction of sp³-hybridized carbons (Fsp3) is 0.615. The van der Waals surface area contributed by atoms with Crippen LogP contribution in [0.1, 0.15) is 19.3 Å². The van der Waals surface area contributed by atoms with Crippen LogP contribution in [-0.2, 0) is 10.0 Å². The molecular formula is C13H20N4O2S. The molecule has 1 aromatic heterocycles. The Bertz CT molecular complexity index is 569. The number of anilines is 1. The van der Waals surface area contributed by atoms with E-state index in [-0.39, 0.29) is 10.9 Å². The molecule has 1 saturated carbocycles. The SMILES string of the molecule is CNc1ccc(S(=O)(=O)NC2CCN(C3CC3)C2)cn1. The lowest BCUT2D eigenvalue weighted by atomic mass is 10.3. The van der Waals surface area contributed by atoms with Gasteiger partial charge in [-0.3, -0.25) is 4.90 Å². The van der Waals surface area contributed by atoms with Gasteiger partial charge in [0.1, 0.15) is 10.7 Å². The Morgan fingerprint density at radius 1 is 1.30 bits per heavy atom. The largest absolute Gasteiger partial charge is 0.373 e. The third-order valence-electron chi connectivity index (χ3n) is 3.91. The number of nitrogens with zero attached hydrogens (tertiary/aromatic N) is 2. The quantitative estimate of drug-likeness (QED) is 0.834. The van der Waals surface area contributed by atoms with Crippen LogP contribution in [0.15, 0.2) is 23.2 Å². The van der Waals surface area contributed by atoms with Crippen molar-refractivity contribution < 1.29 is 8.42 Å². The van der Waals surface area contributed by atoms with Crippen LogP contribution in [0.4, 0.5) is 5.82 Å². The molecule has 0 spiro atoms. The summed E-state index contributed by atoms with van der Waals surface area (Å²) >= 11 is 0. The Labute approximate surface area is 119 Å². The van der Waals surface area contributed by atoms with Gasteiger partial charge in [-0.25, -0.2) is 18.1 Å². The molecule has 2 aliphatic rings. The summed E-state index contributed by atoms with van der Waals surface area (Å²) in [5.74, 6) is 0.657. The first kappa shape index (κ1) is 13.8. The molecule has 2 heterocycles. The van der Waals surface area contributed by atoms with Crippen LogP contribution in [0, 0.1) is 0 Å². The predicted molar refractivity (Wildman–Crippen MR) is 77.1 cm³/mol. The van der Waals surface area contributed by atoms with Gasteiger partial charge in [0.15, 0.2) is 0 Å². The van der Waals surface area contributed by atoms with Gasteiger partial charge >= 0.3 is 0 Å². The van der Waals surface area contributed by atoms with Gasteiger partial charge in [-0.2, -0.15) is 0 Å². The Kier molecular flexibility index (Phi) is 3.66. The van der Waals surface area contributed by atoms with Crippen molar-refractivity contribution in [2.24, 2.45) is 0 Å². The highest BCUT2D eigenvalue weighted by atomic mass is 32.2. The second-order valence-electron chi connectivity index (χ2n) is 5.46. The molecule has 6 nitrogen and oxygen atoms in total. The lowest BCUT2D eigenvalue weighted by molar-refractivity contribution is 0.322. The van der Waals surface area contributed by atoms with Gasteiger partial charge in [0, 0.05) is 38.4 Å². The maximum absolute atomic E-state index is 12.3. The van der Waals surface area contributed by atoms with E-state index in [0.717, 1.165) is 19.5 Å². The smallest absolute Gasteiger partial charge is 0.242 e. The Morgan fingerprint density at radius 2 is 2.10 bits per heavy atom. The molecular weight excluding hydrogens is 276 g/mol. The highest BCUT2D eigenvalue weighted by Crippen LogP contribution is 2.30. The van der Waals surface area contributed by atoms with E-state index in [0.29, 0.717) is 11.9 Å². The number of pyridine rings is 1. The molecule has 1 atom stereocenters. The van der Waals surface area contributed by atoms with E-state index < -0.39 is 10.0 Å². The van der Waals surface area contributed by atoms with Gasteiger partial charge in [-0.1, -0.05) is 0 Å². The molecule has 0 amide bonds. The molecule has 7 heteroatoms. The average molecular weight is 296 g/mol. The van der Waals surface area contributed by atoms with E-state index in [4.69, 9.17) is 0 Å². The van der Waals surface area contributed by atoms with Gasteiger partial charge in [0.05, 0.1) is 0 Å². The molecule has 1 aliphatic heterocycles. The van der Waals surface area contributed by atoms with Crippen LogP contribution in [0.2, 0.25) is 0 Å². The number of sulfonamides is 1. The molecule has 1 aromatic rings. The molecule has 0 aromatic carbocycles. The lowest BCUT2D eigenvalue weighted by Gasteiger charge is -2.16. The van der Waals surface area contributed by atoms with Crippen LogP contribution in [0.5, 0.6) is 0 Å². The fourth-order valence-electron chi connectivity index (χ4n) is 2.63. The standard InChI is InChI=1S/C13H20N4O2S/c1-14-13-5-4-12(8-15-13)20(18,19)16-10-6-7-17(9-10)11-2-3-11/h4-5,8,10-11,16H,2-3,6-7,9H2,1H3,(H,14,15). The second-order valence-corrected chi connectivity index (χ2v) is 7.18. The molecule has 2 fully saturated rings. The molecule has 1 unspecified atom stereocenters. The first-order valence-corrected chi connectivity index (χ1v) is 8.47. The summed E-state index contributed by atoms with van der Waals surface area (Å²) in [6.07, 6.45) is 4.79. The van der Waals surface area contributed by atoms with Crippen molar-refractivity contribution in [2.75, 3.05) is 25.5 Å². The Balaban J connectivity index is 1.65. The molecule has 1 saturated heterocycles. The summed E-state index contributed by atoms with van der Waals surface area (Å²) in [6, 6.07) is 3.96. The lowest BCUT2D eigenvalue weighted by Crippen LogP contribution is -2.37. The summed E-state index contributed by atoms with van der Waals surface area (Å²) in [4.78, 5) is 6.66. The minimum atomic E-state index is -3.46. The zero-order chi connectivity index (χ0) is 14.2. The van der Waals surface area contributed by atoms with Crippen LogP contribution >= 0.6 is 0 Å². The van der Waals surface area contributed by atoms with Crippen LogP contribution in [-0.4, -0.2) is 50.5 Å². The van der Waals surface area contributed by atoms with E-state index >= 15 is 0 Å². The second kappa shape index (κ2) is 5.31. The molecule has 20 heavy (non-hydrogen) atoms. The van der Waals surface area contributed by atoms with Crippen LogP contribution < -0.4 is 10.0 Å². The summed E-state index contributed by atoms with van der Waals surface area (Å²) in [7, 11) is -1.71. The van der Waals surface area contributed by atoms with Crippen molar-refractivity contribution >= 4 is 15.8 Å². The highest BCUT2D eigenvalue weighted by molar-refractivity contribution is 7.89. The maximum Gasteiger partial charge on any atom is 0.242 e. The highest BCUT2D eigenvalue weighted by Gasteiger charge is 2.35. The topological polar surface area (TPSA) is 74.3 Å². The fourth-order valence-corrected chi connectivity index (χ4v) is 3.84. The van der Waals surface area contributed by atoms with E-state index in [2.05, 4.69) is 19.9 Å². The molecule has 2 N–H and O–H groups in total. The first-order valence-electron chi connectivity index (χ1n) is 6.99. The van der Waals surface area contributed by atoms with Crippen LogP contribution in [0.3, 0.4) is 0 Å². The normalized spacial score (nSPS) is 23.9. The molecule has 1 aliphatic carbocycles. The molecule has 0 bridgehead atoms. The molecule has 3 rings (SSSR count). The van der Waals surface area contributed by atoms with Gasteiger partial charge in [0.2, 0.25) is 10.0 Å². The average Bonchev–Trinajstić information content (AvgIpc) is 3.20. The summed E-state index contributed by atoms with van der Waals surface area (Å²) in [5.41, 5.74) is 0. The number of rotatable bonds is 5. The van der Waals surface area contributed by atoms with Crippen molar-refractivity contribution in [3.05, 3.63) is 18.3 Å². The van der Waals surface area contributed by atoms with Crippen molar-refractivity contribution in [1.82, 2.24) is 14.6 Å². The van der Waals surface area contributed by atoms with E-state index in [1.165, 1.54) is 19.0 Å². The number of aromatic nitrogens is 1. The van der Waals surface area contributed by atoms with E-state index in [1.54, 1.807) is 19.2 Å². The van der Waals surface area contributed by atoms with Gasteiger partial charge in [0.25, 0.3) is 0 Å². The third-order valence-corrected chi connectivity index (χ3v) is 5.41. The number of nitrogens with one attached hydrogen (secondary N) is 2. The van der Waals surface area contributed by atoms with Crippen molar-refractivity contribution in [2.45, 2.75) is 36.2 Å². The molecule has 0 radical (unpaired) electrons. The van der Waals surface area contributed by atoms with Gasteiger partial charge in [-0.05, 0) is 31.4 Å². The maximum atomic E-state index is 12.3. The zero-order valence-corrected chi connectivity index (χ0v) is 12.4. The number of likely N-dealkylation sites (tertiary alicyclic amines) is 1. The molecule has 110 valence electrons. The van der Waals surface area contributed by atoms with Crippen molar-refractivity contribution in [1.29, 1.82) is 0 Å². The third kappa shape index (κ3) is 2.94. The van der Waals surface area contributed by atoms with Crippen LogP contribution in [0.25, 0.3) is 0 Å². The Morgan fingerprint density at radius 3 is 2.70 bits per heavy atom. The Hall–Kier alpha value is -1.18. The minimum Gasteiger partial charge on any atom is -0.373 e. The van der Waals surface area contributed by atoms with Crippen molar-refractivity contribution in [3.8, 4) is 0 Å². The first-order chi connectivity index (χ1) is 9.58. The summed E-state index contributed by atoms with van der Waals surface area (Å²) in [6.45, 7) is 1.82. The van der Waals surface area contributed by atoms with Crippen molar-refractivity contribution in [3.63, 3.8) is 0 Å². The van der Waals surface area contributed by atoms with Gasteiger partial charge in [-0.15, -0.1) is 0 Å². The number of hydrogen-bond donors (Lipinski definition) is 2. The number of hydrogen-bond acceptors (Lipinski definition) is 5. The summed E-state index contributed by atoms with van der Waals surface area (Å²) in [5, 5.41) is 2.87. The monoisotopic (exact) mass is 296 g/mol. The van der Waals surface area contributed by atoms with E-state index in [1.807, 2.05) is 0 Å². The van der Waals surface area contributed by atoms with E-state index in [9.17, 15) is 8.42 Å². The predicted octanol–water partition coefficient (Wildman–Crippen LogP) is 0.638. The zero-order valence-electron chi connectivity index (χ0n) is 11.5. The van der Waals surface area contributed by atoms with Gasteiger partial charge < -0.3 is 5.32 Å². The minimum absolute atomic E-state index is 0.0181.